The summed E-state index contributed by atoms with van der Waals surface area (Å²) < 4.78 is 6.70. The van der Waals surface area contributed by atoms with Gasteiger partial charge in [-0.25, -0.2) is 0 Å². The highest BCUT2D eigenvalue weighted by atomic mass is 35.5. The van der Waals surface area contributed by atoms with Gasteiger partial charge in [0.25, 0.3) is 0 Å². The Morgan fingerprint density at radius 3 is 2.15 bits per heavy atom. The van der Waals surface area contributed by atoms with Crippen molar-refractivity contribution in [1.82, 2.24) is 0 Å². The molecule has 8 atom stereocenters. The SMILES string of the molecule is C=NC1C2C(CCC1(C)O)C(C)(N=C)CCC2C1(C)CCC(Cl)C(C)(C)O1. The van der Waals surface area contributed by atoms with E-state index in [0.717, 1.165) is 38.5 Å². The van der Waals surface area contributed by atoms with Crippen molar-refractivity contribution in [3.8, 4) is 0 Å². The molecule has 2 saturated carbocycles. The van der Waals surface area contributed by atoms with Crippen LogP contribution in [0, 0.1) is 17.8 Å². The number of ether oxygens (including phenoxy) is 1. The van der Waals surface area contributed by atoms with E-state index in [1.807, 2.05) is 6.92 Å². The lowest BCUT2D eigenvalue weighted by atomic mass is 9.51. The van der Waals surface area contributed by atoms with Gasteiger partial charge in [0.1, 0.15) is 0 Å². The molecule has 27 heavy (non-hydrogen) atoms. The van der Waals surface area contributed by atoms with Crippen LogP contribution in [0.5, 0.6) is 0 Å². The van der Waals surface area contributed by atoms with E-state index in [9.17, 15) is 5.11 Å². The third kappa shape index (κ3) is 3.40. The number of aliphatic hydroxyl groups is 1. The average molecular weight is 397 g/mol. The quantitative estimate of drug-likeness (QED) is 0.557. The van der Waals surface area contributed by atoms with Crippen molar-refractivity contribution in [3.05, 3.63) is 0 Å². The second-order valence-electron chi connectivity index (χ2n) is 10.4. The highest BCUT2D eigenvalue weighted by molar-refractivity contribution is 6.21. The molecule has 0 aromatic heterocycles. The summed E-state index contributed by atoms with van der Waals surface area (Å²) in [5.74, 6) is 0.813. The number of halogens is 1. The van der Waals surface area contributed by atoms with Crippen LogP contribution in [-0.2, 0) is 4.74 Å². The van der Waals surface area contributed by atoms with Crippen LogP contribution in [0.3, 0.4) is 0 Å². The molecule has 1 saturated heterocycles. The molecule has 0 radical (unpaired) electrons. The largest absolute Gasteiger partial charge is 0.388 e. The third-order valence-corrected chi connectivity index (χ3v) is 8.88. The normalized spacial score (nSPS) is 52.6. The summed E-state index contributed by atoms with van der Waals surface area (Å²) in [7, 11) is 0. The fourth-order valence-electron chi connectivity index (χ4n) is 6.44. The first-order valence-electron chi connectivity index (χ1n) is 10.4. The lowest BCUT2D eigenvalue weighted by Crippen LogP contribution is -2.64. The van der Waals surface area contributed by atoms with Crippen molar-refractivity contribution in [3.63, 3.8) is 0 Å². The van der Waals surface area contributed by atoms with Gasteiger partial charge in [-0.1, -0.05) is 0 Å². The van der Waals surface area contributed by atoms with Gasteiger partial charge in [-0.3, -0.25) is 9.98 Å². The minimum Gasteiger partial charge on any atom is -0.388 e. The minimum absolute atomic E-state index is 0.0212. The maximum atomic E-state index is 11.1. The predicted molar refractivity (Wildman–Crippen MR) is 113 cm³/mol. The van der Waals surface area contributed by atoms with Gasteiger partial charge in [0.05, 0.1) is 33.8 Å². The molecule has 0 bridgehead atoms. The molecule has 2 aliphatic carbocycles. The summed E-state index contributed by atoms with van der Waals surface area (Å²) in [6.45, 7) is 18.3. The lowest BCUT2D eigenvalue weighted by molar-refractivity contribution is -0.220. The number of hydrogen-bond acceptors (Lipinski definition) is 4. The van der Waals surface area contributed by atoms with E-state index in [-0.39, 0.29) is 34.1 Å². The topological polar surface area (TPSA) is 54.2 Å². The van der Waals surface area contributed by atoms with Crippen LogP contribution in [0.2, 0.25) is 0 Å². The number of aliphatic imine (C=N–C) groups is 2. The Kier molecular flexibility index (Phi) is 5.36. The molecular formula is C22H37ClN2O2. The van der Waals surface area contributed by atoms with E-state index >= 15 is 0 Å². The first kappa shape index (κ1) is 21.3. The highest BCUT2D eigenvalue weighted by Gasteiger charge is 2.61. The smallest absolute Gasteiger partial charge is 0.0844 e. The fourth-order valence-corrected chi connectivity index (χ4v) is 6.59. The summed E-state index contributed by atoms with van der Waals surface area (Å²) in [6, 6.07) is -0.208. The Labute approximate surface area is 169 Å². The molecule has 1 aliphatic heterocycles. The monoisotopic (exact) mass is 396 g/mol. The first-order valence-corrected chi connectivity index (χ1v) is 10.8. The van der Waals surface area contributed by atoms with Gasteiger partial charge in [0.15, 0.2) is 0 Å². The van der Waals surface area contributed by atoms with Crippen LogP contribution >= 0.6 is 11.6 Å². The van der Waals surface area contributed by atoms with E-state index in [1.54, 1.807) is 0 Å². The number of rotatable bonds is 3. The summed E-state index contributed by atoms with van der Waals surface area (Å²) in [5.41, 5.74) is -1.65. The van der Waals surface area contributed by atoms with Gasteiger partial charge in [0.2, 0.25) is 0 Å². The van der Waals surface area contributed by atoms with Crippen molar-refractivity contribution in [2.45, 2.75) is 107 Å². The Morgan fingerprint density at radius 1 is 0.963 bits per heavy atom. The number of fused-ring (bicyclic) bond motifs is 1. The summed E-state index contributed by atoms with van der Waals surface area (Å²) in [6.07, 6.45) is 5.54. The Bertz CT molecular complexity index is 607. The molecule has 154 valence electrons. The van der Waals surface area contributed by atoms with Crippen LogP contribution in [0.15, 0.2) is 9.98 Å². The van der Waals surface area contributed by atoms with Gasteiger partial charge < -0.3 is 9.84 Å². The second kappa shape index (κ2) is 6.81. The Balaban J connectivity index is 2.02. The highest BCUT2D eigenvalue weighted by Crippen LogP contribution is 2.58. The van der Waals surface area contributed by atoms with Crippen LogP contribution in [-0.4, -0.2) is 52.3 Å². The van der Waals surface area contributed by atoms with Crippen molar-refractivity contribution in [2.24, 2.45) is 27.7 Å². The Hall–Kier alpha value is -0.450. The van der Waals surface area contributed by atoms with Crippen molar-refractivity contribution < 1.29 is 9.84 Å². The summed E-state index contributed by atoms with van der Waals surface area (Å²) in [5, 5.41) is 11.1. The zero-order valence-corrected chi connectivity index (χ0v) is 18.4. The fraction of sp³-hybridized carbons (Fsp3) is 0.909. The van der Waals surface area contributed by atoms with Crippen molar-refractivity contribution in [1.29, 1.82) is 0 Å². The van der Waals surface area contributed by atoms with Crippen LogP contribution in [0.4, 0.5) is 0 Å². The molecule has 3 aliphatic rings. The zero-order valence-electron chi connectivity index (χ0n) is 17.7. The lowest BCUT2D eigenvalue weighted by Gasteiger charge is -2.60. The van der Waals surface area contributed by atoms with Crippen molar-refractivity contribution >= 4 is 25.0 Å². The first-order chi connectivity index (χ1) is 12.4. The second-order valence-corrected chi connectivity index (χ2v) is 10.9. The van der Waals surface area contributed by atoms with Gasteiger partial charge >= 0.3 is 0 Å². The van der Waals surface area contributed by atoms with E-state index < -0.39 is 5.60 Å². The molecule has 8 unspecified atom stereocenters. The third-order valence-electron chi connectivity index (χ3n) is 8.14. The van der Waals surface area contributed by atoms with Gasteiger partial charge in [-0.15, -0.1) is 11.6 Å². The molecule has 1 N–H and O–H groups in total. The molecule has 0 aromatic rings. The number of nitrogens with zero attached hydrogens (tertiary/aromatic N) is 2. The molecule has 5 heteroatoms. The van der Waals surface area contributed by atoms with Gasteiger partial charge in [0, 0.05) is 0 Å². The molecule has 3 rings (SSSR count). The summed E-state index contributed by atoms with van der Waals surface area (Å²) >= 11 is 6.56. The van der Waals surface area contributed by atoms with E-state index in [0.29, 0.717) is 11.8 Å². The Morgan fingerprint density at radius 2 is 1.59 bits per heavy atom. The molecule has 0 spiro atoms. The molecule has 3 fully saturated rings. The molecule has 4 nitrogen and oxygen atoms in total. The van der Waals surface area contributed by atoms with Gasteiger partial charge in [-0.2, -0.15) is 0 Å². The minimum atomic E-state index is -0.837. The van der Waals surface area contributed by atoms with Gasteiger partial charge in [-0.05, 0) is 104 Å². The molecule has 0 aromatic carbocycles. The van der Waals surface area contributed by atoms with Crippen molar-refractivity contribution in [2.75, 3.05) is 0 Å². The average Bonchev–Trinajstić information content (AvgIpc) is 2.57. The van der Waals surface area contributed by atoms with Crippen LogP contribution in [0.25, 0.3) is 0 Å². The maximum absolute atomic E-state index is 11.1. The summed E-state index contributed by atoms with van der Waals surface area (Å²) in [4.78, 5) is 9.04. The van der Waals surface area contributed by atoms with E-state index in [2.05, 4.69) is 51.1 Å². The molecule has 0 amide bonds. The van der Waals surface area contributed by atoms with Crippen LogP contribution in [0.1, 0.15) is 73.1 Å². The van der Waals surface area contributed by atoms with Crippen LogP contribution < -0.4 is 0 Å². The standard InChI is InChI=1S/C22H37ClN2O2/c1-19(2)16(23)10-13-22(5,27-19)15-8-11-20(3,25-7)14-9-12-21(4,26)18(24-6)17(14)15/h14-18,26H,6-13H2,1-5H3. The number of alkyl halides is 1. The van der Waals surface area contributed by atoms with E-state index in [1.165, 1.54) is 0 Å². The van der Waals surface area contributed by atoms with E-state index in [4.69, 9.17) is 16.3 Å². The maximum Gasteiger partial charge on any atom is 0.0844 e. The molecule has 1 heterocycles. The number of hydrogen-bond donors (Lipinski definition) is 1. The zero-order chi connectivity index (χ0) is 20.3. The predicted octanol–water partition coefficient (Wildman–Crippen LogP) is 4.66. The molecular weight excluding hydrogens is 360 g/mol.